The molecule has 0 heterocycles. The smallest absolute Gasteiger partial charge is 0.428 e. The maximum absolute atomic E-state index is 12.7. The average molecular weight is 293 g/mol. The van der Waals surface area contributed by atoms with E-state index in [-0.39, 0.29) is 17.6 Å². The number of hydrogen-bond donors (Lipinski definition) is 3. The summed E-state index contributed by atoms with van der Waals surface area (Å²) in [5, 5.41) is 0. The molecule has 0 amide bonds. The summed E-state index contributed by atoms with van der Waals surface area (Å²) in [7, 11) is 0. The lowest BCUT2D eigenvalue weighted by Crippen LogP contribution is -2.33. The third-order valence-electron chi connectivity index (χ3n) is 1.81. The van der Waals surface area contributed by atoms with Crippen LogP contribution in [0.1, 0.15) is 0 Å². The SMILES string of the molecule is NC(N)=NC(N)=Nc1cccc(OC(F)(F)C(F)F)c1. The second-order valence-corrected chi connectivity index (χ2v) is 3.47. The first-order valence-corrected chi connectivity index (χ1v) is 5.09. The minimum absolute atomic E-state index is 0.0510. The van der Waals surface area contributed by atoms with Gasteiger partial charge in [-0.15, -0.1) is 0 Å². The summed E-state index contributed by atoms with van der Waals surface area (Å²) in [4.78, 5) is 7.07. The molecule has 0 aliphatic heterocycles. The van der Waals surface area contributed by atoms with Gasteiger partial charge in [0.05, 0.1) is 5.69 Å². The quantitative estimate of drug-likeness (QED) is 0.439. The minimum Gasteiger partial charge on any atom is -0.428 e. The monoisotopic (exact) mass is 293 g/mol. The van der Waals surface area contributed by atoms with Gasteiger partial charge in [0.25, 0.3) is 0 Å². The summed E-state index contributed by atoms with van der Waals surface area (Å²) in [6.07, 6.45) is -8.56. The van der Waals surface area contributed by atoms with Crippen molar-refractivity contribution >= 4 is 17.6 Å². The Morgan fingerprint density at radius 3 is 2.40 bits per heavy atom. The second kappa shape index (κ2) is 6.08. The lowest BCUT2D eigenvalue weighted by molar-refractivity contribution is -0.253. The van der Waals surface area contributed by atoms with Gasteiger partial charge in [0.1, 0.15) is 5.75 Å². The van der Waals surface area contributed by atoms with E-state index < -0.39 is 18.3 Å². The molecule has 0 spiro atoms. The molecule has 0 saturated heterocycles. The molecule has 0 aliphatic carbocycles. The molecule has 0 aliphatic rings. The van der Waals surface area contributed by atoms with Crippen molar-refractivity contribution in [2.45, 2.75) is 12.5 Å². The predicted octanol–water partition coefficient (Wildman–Crippen LogP) is 1.14. The van der Waals surface area contributed by atoms with Gasteiger partial charge in [0, 0.05) is 6.07 Å². The van der Waals surface area contributed by atoms with Crippen molar-refractivity contribution in [2.75, 3.05) is 0 Å². The van der Waals surface area contributed by atoms with E-state index in [0.29, 0.717) is 0 Å². The van der Waals surface area contributed by atoms with E-state index in [1.807, 2.05) is 0 Å². The third-order valence-corrected chi connectivity index (χ3v) is 1.81. The van der Waals surface area contributed by atoms with E-state index in [9.17, 15) is 17.6 Å². The van der Waals surface area contributed by atoms with Crippen molar-refractivity contribution < 1.29 is 22.3 Å². The molecule has 1 aromatic rings. The molecule has 110 valence electrons. The van der Waals surface area contributed by atoms with E-state index in [0.717, 1.165) is 12.1 Å². The molecule has 0 aromatic heterocycles. The third kappa shape index (κ3) is 4.63. The van der Waals surface area contributed by atoms with Crippen LogP contribution >= 0.6 is 0 Å². The Morgan fingerprint density at radius 2 is 1.85 bits per heavy atom. The van der Waals surface area contributed by atoms with Crippen molar-refractivity contribution in [1.82, 2.24) is 0 Å². The highest BCUT2D eigenvalue weighted by atomic mass is 19.3. The molecule has 6 nitrogen and oxygen atoms in total. The fourth-order valence-electron chi connectivity index (χ4n) is 1.11. The molecule has 0 unspecified atom stereocenters. The number of guanidine groups is 2. The molecule has 1 rings (SSSR count). The first-order valence-electron chi connectivity index (χ1n) is 5.09. The summed E-state index contributed by atoms with van der Waals surface area (Å²) in [5.41, 5.74) is 15.5. The maximum Gasteiger partial charge on any atom is 0.461 e. The summed E-state index contributed by atoms with van der Waals surface area (Å²) < 4.78 is 53.3. The van der Waals surface area contributed by atoms with Gasteiger partial charge in [0.2, 0.25) is 5.96 Å². The topological polar surface area (TPSA) is 112 Å². The zero-order valence-corrected chi connectivity index (χ0v) is 9.93. The fraction of sp³-hybridized carbons (Fsp3) is 0.200. The standard InChI is InChI=1S/C10H11F4N5O/c11-7(12)10(13,14)20-6-3-1-2-5(4-6)18-9(17)19-8(15)16/h1-4,7H,(H6,15,16,17,18,19). The molecule has 0 bridgehead atoms. The first kappa shape index (κ1) is 15.5. The molecule has 0 fully saturated rings. The highest BCUT2D eigenvalue weighted by molar-refractivity contribution is 5.93. The minimum atomic E-state index is -4.60. The number of halogens is 4. The molecule has 0 atom stereocenters. The van der Waals surface area contributed by atoms with E-state index in [4.69, 9.17) is 17.2 Å². The van der Waals surface area contributed by atoms with Crippen LogP contribution in [-0.4, -0.2) is 24.5 Å². The van der Waals surface area contributed by atoms with Crippen molar-refractivity contribution in [2.24, 2.45) is 27.2 Å². The molecule has 10 heteroatoms. The van der Waals surface area contributed by atoms with Gasteiger partial charge >= 0.3 is 12.5 Å². The Kier molecular flexibility index (Phi) is 4.73. The van der Waals surface area contributed by atoms with Crippen LogP contribution in [0.2, 0.25) is 0 Å². The Morgan fingerprint density at radius 1 is 1.20 bits per heavy atom. The summed E-state index contributed by atoms with van der Waals surface area (Å²) >= 11 is 0. The molecule has 0 radical (unpaired) electrons. The number of ether oxygens (including phenoxy) is 1. The van der Waals surface area contributed by atoms with Gasteiger partial charge in [0.15, 0.2) is 5.96 Å². The van der Waals surface area contributed by atoms with Crippen LogP contribution in [0, 0.1) is 0 Å². The number of rotatable bonds is 4. The molecular formula is C10H11F4N5O. The molecular weight excluding hydrogens is 282 g/mol. The van der Waals surface area contributed by atoms with Gasteiger partial charge in [-0.1, -0.05) is 6.07 Å². The van der Waals surface area contributed by atoms with Gasteiger partial charge in [-0.05, 0) is 12.1 Å². The highest BCUT2D eigenvalue weighted by Crippen LogP contribution is 2.29. The normalized spacial score (nSPS) is 12.3. The number of alkyl halides is 4. The highest BCUT2D eigenvalue weighted by Gasteiger charge is 2.43. The number of benzene rings is 1. The van der Waals surface area contributed by atoms with Crippen LogP contribution in [0.4, 0.5) is 23.2 Å². The predicted molar refractivity (Wildman–Crippen MR) is 65.1 cm³/mol. The second-order valence-electron chi connectivity index (χ2n) is 3.47. The van der Waals surface area contributed by atoms with Crippen LogP contribution in [-0.2, 0) is 0 Å². The number of nitrogens with zero attached hydrogens (tertiary/aromatic N) is 2. The van der Waals surface area contributed by atoms with E-state index in [2.05, 4.69) is 14.7 Å². The largest absolute Gasteiger partial charge is 0.461 e. The number of aliphatic imine (C=N–C) groups is 2. The van der Waals surface area contributed by atoms with Crippen LogP contribution in [0.5, 0.6) is 5.75 Å². The number of hydrogen-bond acceptors (Lipinski definition) is 2. The van der Waals surface area contributed by atoms with Crippen molar-refractivity contribution in [3.8, 4) is 5.75 Å². The zero-order valence-electron chi connectivity index (χ0n) is 9.93. The summed E-state index contributed by atoms with van der Waals surface area (Å²) in [5.74, 6) is -1.18. The van der Waals surface area contributed by atoms with Crippen molar-refractivity contribution in [3.05, 3.63) is 24.3 Å². The lowest BCUT2D eigenvalue weighted by Gasteiger charge is -2.16. The van der Waals surface area contributed by atoms with Crippen LogP contribution in [0.15, 0.2) is 34.3 Å². The Bertz CT molecular complexity index is 528. The molecule has 1 aromatic carbocycles. The van der Waals surface area contributed by atoms with E-state index in [1.54, 1.807) is 0 Å². The Hall–Kier alpha value is -2.52. The van der Waals surface area contributed by atoms with E-state index in [1.165, 1.54) is 12.1 Å². The number of nitrogens with two attached hydrogens (primary N) is 3. The van der Waals surface area contributed by atoms with Crippen LogP contribution in [0.25, 0.3) is 0 Å². The van der Waals surface area contributed by atoms with Crippen LogP contribution < -0.4 is 21.9 Å². The van der Waals surface area contributed by atoms with Crippen molar-refractivity contribution in [1.29, 1.82) is 0 Å². The molecule has 6 N–H and O–H groups in total. The van der Waals surface area contributed by atoms with E-state index >= 15 is 0 Å². The molecule has 0 saturated carbocycles. The van der Waals surface area contributed by atoms with Gasteiger partial charge in [-0.2, -0.15) is 22.6 Å². The summed E-state index contributed by atoms with van der Waals surface area (Å²) in [6, 6.07) is 4.67. The zero-order chi connectivity index (χ0) is 15.3. The Balaban J connectivity index is 2.95. The maximum atomic E-state index is 12.7. The lowest BCUT2D eigenvalue weighted by atomic mass is 10.3. The molecule has 20 heavy (non-hydrogen) atoms. The van der Waals surface area contributed by atoms with Crippen molar-refractivity contribution in [3.63, 3.8) is 0 Å². The van der Waals surface area contributed by atoms with Gasteiger partial charge < -0.3 is 21.9 Å². The first-order chi connectivity index (χ1) is 9.20. The fourth-order valence-corrected chi connectivity index (χ4v) is 1.11. The van der Waals surface area contributed by atoms with Crippen LogP contribution in [0.3, 0.4) is 0 Å². The Labute approximate surface area is 110 Å². The van der Waals surface area contributed by atoms with Gasteiger partial charge in [-0.25, -0.2) is 4.99 Å². The summed E-state index contributed by atoms with van der Waals surface area (Å²) in [6.45, 7) is 0. The van der Waals surface area contributed by atoms with Gasteiger partial charge in [-0.3, -0.25) is 0 Å². The average Bonchev–Trinajstić information content (AvgIpc) is 2.26.